The summed E-state index contributed by atoms with van der Waals surface area (Å²) in [4.78, 5) is 0. The second kappa shape index (κ2) is 5.94. The van der Waals surface area contributed by atoms with E-state index in [0.717, 1.165) is 6.07 Å². The monoisotopic (exact) mass is 270 g/mol. The molecular formula is C12H15FN2O2S. The van der Waals surface area contributed by atoms with E-state index in [0.29, 0.717) is 0 Å². The first-order valence-corrected chi connectivity index (χ1v) is 7.15. The van der Waals surface area contributed by atoms with Gasteiger partial charge >= 0.3 is 0 Å². The minimum atomic E-state index is -3.39. The van der Waals surface area contributed by atoms with E-state index in [-0.39, 0.29) is 29.3 Å². The summed E-state index contributed by atoms with van der Waals surface area (Å²) >= 11 is 0. The summed E-state index contributed by atoms with van der Waals surface area (Å²) in [6.07, 6.45) is 0. The van der Waals surface area contributed by atoms with Crippen LogP contribution in [0.3, 0.4) is 0 Å². The van der Waals surface area contributed by atoms with Crippen molar-refractivity contribution in [3.63, 3.8) is 0 Å². The highest BCUT2D eigenvalue weighted by atomic mass is 32.2. The fourth-order valence-corrected chi connectivity index (χ4v) is 2.82. The van der Waals surface area contributed by atoms with Crippen molar-refractivity contribution >= 4 is 10.0 Å². The second-order valence-corrected chi connectivity index (χ2v) is 6.27. The van der Waals surface area contributed by atoms with Gasteiger partial charge in [0.2, 0.25) is 10.0 Å². The molecule has 0 unspecified atom stereocenters. The van der Waals surface area contributed by atoms with Crippen molar-refractivity contribution < 1.29 is 12.8 Å². The summed E-state index contributed by atoms with van der Waals surface area (Å²) in [5.74, 6) is -0.570. The molecule has 1 aromatic carbocycles. The number of rotatable bonds is 5. The summed E-state index contributed by atoms with van der Waals surface area (Å²) in [6.45, 7) is 3.48. The predicted molar refractivity (Wildman–Crippen MR) is 66.6 cm³/mol. The minimum absolute atomic E-state index is 0.00486. The van der Waals surface area contributed by atoms with E-state index in [1.165, 1.54) is 12.1 Å². The van der Waals surface area contributed by atoms with E-state index in [1.807, 2.05) is 6.07 Å². The van der Waals surface area contributed by atoms with Crippen molar-refractivity contribution in [1.29, 1.82) is 5.26 Å². The molecule has 0 radical (unpaired) electrons. The van der Waals surface area contributed by atoms with Crippen LogP contribution in [-0.2, 0) is 16.6 Å². The van der Waals surface area contributed by atoms with Crippen molar-refractivity contribution in [2.24, 2.45) is 5.92 Å². The zero-order chi connectivity index (χ0) is 13.8. The molecule has 18 heavy (non-hydrogen) atoms. The van der Waals surface area contributed by atoms with Gasteiger partial charge in [0.25, 0.3) is 0 Å². The molecule has 0 heterocycles. The van der Waals surface area contributed by atoms with Crippen LogP contribution in [-0.4, -0.2) is 14.2 Å². The molecule has 98 valence electrons. The normalized spacial score (nSPS) is 11.5. The van der Waals surface area contributed by atoms with Gasteiger partial charge in [0.1, 0.15) is 5.82 Å². The van der Waals surface area contributed by atoms with E-state index < -0.39 is 15.8 Å². The summed E-state index contributed by atoms with van der Waals surface area (Å²) in [6, 6.07) is 5.77. The van der Waals surface area contributed by atoms with Gasteiger partial charge in [-0.2, -0.15) is 5.26 Å². The number of hydrogen-bond acceptors (Lipinski definition) is 3. The molecule has 0 spiro atoms. The third-order valence-electron chi connectivity index (χ3n) is 2.22. The van der Waals surface area contributed by atoms with E-state index in [2.05, 4.69) is 4.72 Å². The van der Waals surface area contributed by atoms with Crippen LogP contribution in [0.1, 0.15) is 25.0 Å². The van der Waals surface area contributed by atoms with Crippen LogP contribution in [0.4, 0.5) is 4.39 Å². The maximum absolute atomic E-state index is 13.5. The highest BCUT2D eigenvalue weighted by Crippen LogP contribution is 2.10. The molecule has 1 N–H and O–H groups in total. The average Bonchev–Trinajstić information content (AvgIpc) is 2.25. The van der Waals surface area contributed by atoms with Crippen molar-refractivity contribution in [3.8, 4) is 6.07 Å². The van der Waals surface area contributed by atoms with Crippen LogP contribution in [0, 0.1) is 23.1 Å². The number of hydrogen-bond donors (Lipinski definition) is 1. The quantitative estimate of drug-likeness (QED) is 0.886. The lowest BCUT2D eigenvalue weighted by Gasteiger charge is -2.09. The van der Waals surface area contributed by atoms with Gasteiger partial charge in [-0.3, -0.25) is 0 Å². The first-order valence-electron chi connectivity index (χ1n) is 5.50. The second-order valence-electron chi connectivity index (χ2n) is 4.41. The Bertz CT molecular complexity index is 562. The Labute approximate surface area is 106 Å². The molecule has 0 amide bonds. The Balaban J connectivity index is 2.73. The summed E-state index contributed by atoms with van der Waals surface area (Å²) in [5, 5.41) is 8.58. The molecule has 0 aliphatic heterocycles. The summed E-state index contributed by atoms with van der Waals surface area (Å²) < 4.78 is 38.9. The number of halogens is 1. The SMILES string of the molecule is CC(C)CS(=O)(=O)NCc1ccc(C#N)cc1F. The van der Waals surface area contributed by atoms with E-state index in [4.69, 9.17) is 5.26 Å². The largest absolute Gasteiger partial charge is 0.212 e. The van der Waals surface area contributed by atoms with Gasteiger partial charge in [0.15, 0.2) is 0 Å². The molecule has 0 aliphatic rings. The molecule has 0 aliphatic carbocycles. The maximum Gasteiger partial charge on any atom is 0.212 e. The fourth-order valence-electron chi connectivity index (χ4n) is 1.45. The van der Waals surface area contributed by atoms with Crippen LogP contribution in [0.5, 0.6) is 0 Å². The van der Waals surface area contributed by atoms with E-state index >= 15 is 0 Å². The Hall–Kier alpha value is -1.45. The van der Waals surface area contributed by atoms with Gasteiger partial charge < -0.3 is 0 Å². The van der Waals surface area contributed by atoms with Gasteiger partial charge in [-0.1, -0.05) is 19.9 Å². The first kappa shape index (κ1) is 14.6. The third-order valence-corrected chi connectivity index (χ3v) is 3.91. The molecule has 1 aromatic rings. The average molecular weight is 270 g/mol. The Morgan fingerprint density at radius 2 is 2.11 bits per heavy atom. The number of benzene rings is 1. The van der Waals surface area contributed by atoms with Gasteiger partial charge in [0.05, 0.1) is 17.4 Å². The van der Waals surface area contributed by atoms with Crippen LogP contribution in [0.15, 0.2) is 18.2 Å². The van der Waals surface area contributed by atoms with Crippen molar-refractivity contribution in [1.82, 2.24) is 4.72 Å². The maximum atomic E-state index is 13.5. The molecule has 4 nitrogen and oxygen atoms in total. The summed E-state index contributed by atoms with van der Waals surface area (Å²) in [5.41, 5.74) is 0.433. The zero-order valence-corrected chi connectivity index (χ0v) is 11.1. The van der Waals surface area contributed by atoms with E-state index in [9.17, 15) is 12.8 Å². The zero-order valence-electron chi connectivity index (χ0n) is 10.3. The van der Waals surface area contributed by atoms with Crippen LogP contribution >= 0.6 is 0 Å². The van der Waals surface area contributed by atoms with Crippen LogP contribution in [0.25, 0.3) is 0 Å². The number of nitrogens with zero attached hydrogens (tertiary/aromatic N) is 1. The van der Waals surface area contributed by atoms with Gasteiger partial charge in [-0.15, -0.1) is 0 Å². The number of sulfonamides is 1. The molecular weight excluding hydrogens is 255 g/mol. The standard InChI is InChI=1S/C12H15FN2O2S/c1-9(2)8-18(16,17)15-7-11-4-3-10(6-14)5-12(11)13/h3-5,9,15H,7-8H2,1-2H3. The predicted octanol–water partition coefficient (Wildman–Crippen LogP) is 1.77. The molecule has 1 rings (SSSR count). The van der Waals surface area contributed by atoms with Crippen molar-refractivity contribution in [3.05, 3.63) is 35.1 Å². The lowest BCUT2D eigenvalue weighted by molar-refractivity contribution is 0.563. The third kappa shape index (κ3) is 4.43. The Kier molecular flexibility index (Phi) is 4.82. The summed E-state index contributed by atoms with van der Waals surface area (Å²) in [7, 11) is -3.39. The highest BCUT2D eigenvalue weighted by Gasteiger charge is 2.13. The molecule has 0 aromatic heterocycles. The first-order chi connectivity index (χ1) is 8.34. The van der Waals surface area contributed by atoms with Crippen molar-refractivity contribution in [2.45, 2.75) is 20.4 Å². The molecule has 0 saturated carbocycles. The molecule has 6 heteroatoms. The van der Waals surface area contributed by atoms with Gasteiger partial charge in [-0.25, -0.2) is 17.5 Å². The molecule has 0 bridgehead atoms. The molecule has 0 fully saturated rings. The minimum Gasteiger partial charge on any atom is -0.212 e. The number of nitriles is 1. The smallest absolute Gasteiger partial charge is 0.212 e. The van der Waals surface area contributed by atoms with Gasteiger partial charge in [0, 0.05) is 12.1 Å². The molecule has 0 saturated heterocycles. The lowest BCUT2D eigenvalue weighted by atomic mass is 10.1. The Morgan fingerprint density at radius 3 is 2.61 bits per heavy atom. The van der Waals surface area contributed by atoms with Crippen LogP contribution in [0.2, 0.25) is 0 Å². The van der Waals surface area contributed by atoms with Crippen LogP contribution < -0.4 is 4.72 Å². The topological polar surface area (TPSA) is 70.0 Å². The van der Waals surface area contributed by atoms with E-state index in [1.54, 1.807) is 13.8 Å². The lowest BCUT2D eigenvalue weighted by Crippen LogP contribution is -2.28. The van der Waals surface area contributed by atoms with Crippen molar-refractivity contribution in [2.75, 3.05) is 5.75 Å². The fraction of sp³-hybridized carbons (Fsp3) is 0.417. The highest BCUT2D eigenvalue weighted by molar-refractivity contribution is 7.89. The Morgan fingerprint density at radius 1 is 1.44 bits per heavy atom. The van der Waals surface area contributed by atoms with Gasteiger partial charge in [-0.05, 0) is 18.1 Å². The number of nitrogens with one attached hydrogen (secondary N) is 1. The molecule has 0 atom stereocenters.